The van der Waals surface area contributed by atoms with E-state index in [-0.39, 0.29) is 11.0 Å². The highest BCUT2D eigenvalue weighted by Crippen LogP contribution is 1.48. The molecular weight excluding hydrogens is 108 g/mol. The second-order valence-corrected chi connectivity index (χ2v) is 1.29. The van der Waals surface area contributed by atoms with Gasteiger partial charge in [-0.3, -0.25) is 0 Å². The van der Waals surface area contributed by atoms with Crippen LogP contribution in [0.15, 0.2) is 13.6 Å². The van der Waals surface area contributed by atoms with Gasteiger partial charge in [0.25, 0.3) is 5.61 Å². The second-order valence-electron chi connectivity index (χ2n) is 1.29. The topological polar surface area (TPSA) is 43.4 Å². The first kappa shape index (κ1) is 4.90. The highest BCUT2D eigenvalue weighted by Gasteiger charge is 1.88. The first-order valence-corrected chi connectivity index (χ1v) is 1.98. The fraction of sp³-hybridized carbons (Fsp3) is 0. The molecule has 8 heavy (non-hydrogen) atoms. The maximum absolute atomic E-state index is 10.3. The van der Waals surface area contributed by atoms with Crippen molar-refractivity contribution in [2.75, 3.05) is 0 Å². The van der Waals surface area contributed by atoms with Gasteiger partial charge in [-0.1, -0.05) is 0 Å². The minimum atomic E-state index is -0.560. The molecule has 0 spiro atoms. The van der Waals surface area contributed by atoms with Gasteiger partial charge in [0.15, 0.2) is 0 Å². The third-order valence-electron chi connectivity index (χ3n) is 0.671. The molecular formula is C5H4O3. The van der Waals surface area contributed by atoms with Crippen LogP contribution < -0.4 is 16.7 Å². The number of rotatable bonds is 0. The van der Waals surface area contributed by atoms with Gasteiger partial charge in [-0.15, -0.1) is 0 Å². The average Bonchev–Trinajstić information content (AvgIpc) is 1.85. The zero-order chi connectivity index (χ0) is 6.15. The minimum Gasteiger partial charge on any atom is -0.419 e. The molecule has 3 heteroatoms. The summed E-state index contributed by atoms with van der Waals surface area (Å²) in [6, 6.07) is 0. The quantitative estimate of drug-likeness (QED) is 0.434. The highest BCUT2D eigenvalue weighted by atomic mass is 16.5. The molecule has 0 aromatic carbocycles. The molecule has 1 aromatic heterocycles. The van der Waals surface area contributed by atoms with Gasteiger partial charge in [-0.25, -0.2) is 4.79 Å². The summed E-state index contributed by atoms with van der Waals surface area (Å²) in [4.78, 5) is 10.3. The molecule has 0 atom stereocenters. The predicted molar refractivity (Wildman–Crippen MR) is 27.5 cm³/mol. The summed E-state index contributed by atoms with van der Waals surface area (Å²) in [5.41, 5.74) is -0.565. The zero-order valence-corrected chi connectivity index (χ0v) is 4.14. The van der Waals surface area contributed by atoms with Crippen molar-refractivity contribution in [2.45, 2.75) is 0 Å². The van der Waals surface area contributed by atoms with E-state index in [1.54, 1.807) is 0 Å². The van der Waals surface area contributed by atoms with Crippen molar-refractivity contribution in [1.82, 2.24) is 0 Å². The summed E-state index contributed by atoms with van der Waals surface area (Å²) >= 11 is 0. The van der Waals surface area contributed by atoms with Crippen molar-refractivity contribution >= 4 is 13.2 Å². The summed E-state index contributed by atoms with van der Waals surface area (Å²) in [6.07, 6.45) is 0. The van der Waals surface area contributed by atoms with Crippen LogP contribution in [0.5, 0.6) is 0 Å². The molecule has 0 amide bonds. The van der Waals surface area contributed by atoms with Gasteiger partial charge in [0, 0.05) is 0 Å². The Labute approximate surface area is 44.5 Å². The number of hydrogen-bond donors (Lipinski definition) is 0. The van der Waals surface area contributed by atoms with Crippen LogP contribution in [-0.2, 0) is 0 Å². The maximum Gasteiger partial charge on any atom is 0.381 e. The molecule has 0 saturated carbocycles. The van der Waals surface area contributed by atoms with E-state index >= 15 is 0 Å². The van der Waals surface area contributed by atoms with Crippen molar-refractivity contribution in [3.8, 4) is 0 Å². The van der Waals surface area contributed by atoms with Gasteiger partial charge in [0.2, 0.25) is 5.42 Å². The van der Waals surface area contributed by atoms with Crippen molar-refractivity contribution < 1.29 is 8.83 Å². The Balaban J connectivity index is 3.86. The van der Waals surface area contributed by atoms with Gasteiger partial charge >= 0.3 is 5.63 Å². The first-order chi connectivity index (χ1) is 3.70. The molecule has 0 fully saturated rings. The largest absolute Gasteiger partial charge is 0.419 e. The van der Waals surface area contributed by atoms with Crippen LogP contribution in [0.3, 0.4) is 0 Å². The summed E-state index contributed by atoms with van der Waals surface area (Å²) in [6.45, 7) is 6.46. The lowest BCUT2D eigenvalue weighted by atomic mass is 10.8. The molecule has 0 aliphatic rings. The monoisotopic (exact) mass is 112 g/mol. The molecule has 0 unspecified atom stereocenters. The molecule has 42 valence electrons. The lowest BCUT2D eigenvalue weighted by Gasteiger charge is -1.57. The van der Waals surface area contributed by atoms with E-state index in [2.05, 4.69) is 22.0 Å². The normalized spacial score (nSPS) is 9.50. The Morgan fingerprint density at radius 1 is 1.25 bits per heavy atom. The fourth-order valence-electron chi connectivity index (χ4n) is 0.360. The Hall–Kier alpha value is -1.25. The summed E-state index contributed by atoms with van der Waals surface area (Å²) in [7, 11) is 0. The molecule has 3 nitrogen and oxygen atoms in total. The third-order valence-corrected chi connectivity index (χ3v) is 0.671. The molecule has 1 rings (SSSR count). The number of hydrogen-bond acceptors (Lipinski definition) is 3. The van der Waals surface area contributed by atoms with Crippen LogP contribution >= 0.6 is 0 Å². The first-order valence-electron chi connectivity index (χ1n) is 1.98. The van der Waals surface area contributed by atoms with Gasteiger partial charge < -0.3 is 8.83 Å². The third kappa shape index (κ3) is 0.578. The molecule has 0 N–H and O–H groups in total. The van der Waals surface area contributed by atoms with E-state index in [9.17, 15) is 4.79 Å². The van der Waals surface area contributed by atoms with Crippen LogP contribution in [0.4, 0.5) is 0 Å². The van der Waals surface area contributed by atoms with Crippen molar-refractivity contribution in [3.05, 3.63) is 21.4 Å². The molecule has 0 saturated heterocycles. The van der Waals surface area contributed by atoms with E-state index in [0.717, 1.165) is 0 Å². The van der Waals surface area contributed by atoms with Crippen LogP contribution in [0, 0.1) is 0 Å². The van der Waals surface area contributed by atoms with E-state index < -0.39 is 5.63 Å². The lowest BCUT2D eigenvalue weighted by molar-refractivity contribution is 0.379. The van der Waals surface area contributed by atoms with E-state index in [1.807, 2.05) is 0 Å². The van der Waals surface area contributed by atoms with Crippen LogP contribution in [0.25, 0.3) is 13.2 Å². The van der Waals surface area contributed by atoms with Gasteiger partial charge in [0.1, 0.15) is 0 Å². The van der Waals surface area contributed by atoms with E-state index in [1.165, 1.54) is 0 Å². The smallest absolute Gasteiger partial charge is 0.381 e. The maximum atomic E-state index is 10.3. The highest BCUT2D eigenvalue weighted by molar-refractivity contribution is 4.88. The van der Waals surface area contributed by atoms with Crippen LogP contribution in [-0.4, -0.2) is 0 Å². The molecule has 0 bridgehead atoms. The predicted octanol–water partition coefficient (Wildman–Crippen LogP) is -0.947. The van der Waals surface area contributed by atoms with Crippen molar-refractivity contribution in [3.63, 3.8) is 0 Å². The fourth-order valence-corrected chi connectivity index (χ4v) is 0.360. The lowest BCUT2D eigenvalue weighted by Crippen LogP contribution is -2.14. The molecule has 0 radical (unpaired) electrons. The van der Waals surface area contributed by atoms with Crippen LogP contribution in [0.2, 0.25) is 0 Å². The Bertz CT molecular complexity index is 286. The molecule has 0 aliphatic heterocycles. The molecule has 1 aromatic rings. The SMILES string of the molecule is C=c1oc(=C)c(=O)o1. The van der Waals surface area contributed by atoms with Gasteiger partial charge in [-0.2, -0.15) is 0 Å². The summed E-state index contributed by atoms with van der Waals surface area (Å²) in [5.74, 6) is 0. The summed E-state index contributed by atoms with van der Waals surface area (Å²) < 4.78 is 8.83. The molecule has 1 heterocycles. The van der Waals surface area contributed by atoms with Crippen LogP contribution in [0.1, 0.15) is 0 Å². The van der Waals surface area contributed by atoms with Crippen molar-refractivity contribution in [1.29, 1.82) is 0 Å². The average molecular weight is 112 g/mol. The molecule has 0 aliphatic carbocycles. The van der Waals surface area contributed by atoms with Crippen molar-refractivity contribution in [2.24, 2.45) is 0 Å². The van der Waals surface area contributed by atoms with E-state index in [0.29, 0.717) is 0 Å². The Kier molecular flexibility index (Phi) is 0.836. The standard InChI is InChI=1S/C5H4O3/c1-3-5(6)8-4(2)7-3/h1-2H2. The van der Waals surface area contributed by atoms with E-state index in [4.69, 9.17) is 0 Å². The van der Waals surface area contributed by atoms with Gasteiger partial charge in [0.05, 0.1) is 0 Å². The summed E-state index contributed by atoms with van der Waals surface area (Å²) in [5, 5.41) is 0. The Morgan fingerprint density at radius 3 is 2.00 bits per heavy atom. The second kappa shape index (κ2) is 1.36. The zero-order valence-electron chi connectivity index (χ0n) is 4.14. The van der Waals surface area contributed by atoms with Gasteiger partial charge in [-0.05, 0) is 13.2 Å². The Morgan fingerprint density at radius 2 is 1.88 bits per heavy atom. The minimum absolute atomic E-state index is 0.000000000000000222.